The molecule has 1 aromatic rings. The van der Waals surface area contributed by atoms with Crippen LogP contribution < -0.4 is 10.5 Å². The number of ether oxygens (including phenoxy) is 2. The van der Waals surface area contributed by atoms with E-state index in [1.54, 1.807) is 7.11 Å². The quantitative estimate of drug-likeness (QED) is 0.551. The van der Waals surface area contributed by atoms with E-state index in [4.69, 9.17) is 27.4 Å². The summed E-state index contributed by atoms with van der Waals surface area (Å²) >= 11 is 4.90. The lowest BCUT2D eigenvalue weighted by Crippen LogP contribution is -2.25. The summed E-state index contributed by atoms with van der Waals surface area (Å²) in [5.41, 5.74) is 6.40. The minimum Gasteiger partial charge on any atom is -0.494 e. The van der Waals surface area contributed by atoms with Crippen molar-refractivity contribution in [2.24, 2.45) is 5.73 Å². The molecule has 0 fully saturated rings. The molecule has 0 bridgehead atoms. The molecule has 0 radical (unpaired) electrons. The van der Waals surface area contributed by atoms with E-state index in [-0.39, 0.29) is 0 Å². The van der Waals surface area contributed by atoms with Gasteiger partial charge in [0.2, 0.25) is 0 Å². The van der Waals surface area contributed by atoms with Crippen molar-refractivity contribution in [1.82, 2.24) is 4.90 Å². The molecule has 19 heavy (non-hydrogen) atoms. The SMILES string of the molecule is COCCN(C)CCCOc1ccc(C(N)=S)cc1. The van der Waals surface area contributed by atoms with Crippen LogP contribution in [0.15, 0.2) is 24.3 Å². The summed E-state index contributed by atoms with van der Waals surface area (Å²) in [5, 5.41) is 0. The molecule has 4 nitrogen and oxygen atoms in total. The van der Waals surface area contributed by atoms with Crippen LogP contribution >= 0.6 is 12.2 Å². The van der Waals surface area contributed by atoms with Crippen LogP contribution in [-0.4, -0.2) is 50.3 Å². The fourth-order valence-electron chi connectivity index (χ4n) is 1.60. The maximum atomic E-state index is 5.65. The first kappa shape index (κ1) is 15.9. The Bertz CT molecular complexity index is 382. The number of rotatable bonds is 9. The van der Waals surface area contributed by atoms with Crippen molar-refractivity contribution in [3.63, 3.8) is 0 Å². The Morgan fingerprint density at radius 2 is 1.89 bits per heavy atom. The third-order valence-electron chi connectivity index (χ3n) is 2.77. The van der Waals surface area contributed by atoms with Crippen molar-refractivity contribution in [2.75, 3.05) is 40.5 Å². The van der Waals surface area contributed by atoms with Crippen LogP contribution in [0.5, 0.6) is 5.75 Å². The summed E-state index contributed by atoms with van der Waals surface area (Å²) in [6.07, 6.45) is 0.983. The van der Waals surface area contributed by atoms with Crippen molar-refractivity contribution in [2.45, 2.75) is 6.42 Å². The molecule has 0 atom stereocenters. The molecule has 0 aliphatic rings. The Balaban J connectivity index is 2.20. The Kier molecular flexibility index (Phi) is 7.40. The highest BCUT2D eigenvalue weighted by Gasteiger charge is 2.00. The molecule has 0 saturated heterocycles. The van der Waals surface area contributed by atoms with Crippen molar-refractivity contribution < 1.29 is 9.47 Å². The Hall–Kier alpha value is -1.17. The van der Waals surface area contributed by atoms with Gasteiger partial charge >= 0.3 is 0 Å². The molecule has 1 aromatic carbocycles. The third kappa shape index (κ3) is 6.52. The zero-order valence-corrected chi connectivity index (χ0v) is 12.4. The number of thiocarbonyl (C=S) groups is 1. The van der Waals surface area contributed by atoms with E-state index in [0.29, 0.717) is 11.6 Å². The van der Waals surface area contributed by atoms with Crippen LogP contribution in [0.1, 0.15) is 12.0 Å². The fourth-order valence-corrected chi connectivity index (χ4v) is 1.73. The summed E-state index contributed by atoms with van der Waals surface area (Å²) < 4.78 is 10.7. The molecule has 0 aromatic heterocycles. The molecule has 0 aliphatic carbocycles. The molecule has 0 amide bonds. The first-order valence-corrected chi connectivity index (χ1v) is 6.74. The smallest absolute Gasteiger partial charge is 0.119 e. The van der Waals surface area contributed by atoms with Crippen LogP contribution in [0.4, 0.5) is 0 Å². The highest BCUT2D eigenvalue weighted by molar-refractivity contribution is 7.80. The number of nitrogens with zero attached hydrogens (tertiary/aromatic N) is 1. The predicted octanol–water partition coefficient (Wildman–Crippen LogP) is 1.67. The summed E-state index contributed by atoms with van der Waals surface area (Å²) in [5.74, 6) is 0.847. The van der Waals surface area contributed by atoms with E-state index in [0.717, 1.165) is 37.4 Å². The second-order valence-electron chi connectivity index (χ2n) is 4.39. The molecule has 106 valence electrons. The molecule has 2 N–H and O–H groups in total. The highest BCUT2D eigenvalue weighted by Crippen LogP contribution is 2.12. The Morgan fingerprint density at radius 1 is 1.21 bits per heavy atom. The first-order chi connectivity index (χ1) is 9.13. The van der Waals surface area contributed by atoms with E-state index in [1.165, 1.54) is 0 Å². The van der Waals surface area contributed by atoms with Gasteiger partial charge in [0.25, 0.3) is 0 Å². The third-order valence-corrected chi connectivity index (χ3v) is 3.00. The van der Waals surface area contributed by atoms with Crippen LogP contribution in [-0.2, 0) is 4.74 Å². The lowest BCUT2D eigenvalue weighted by atomic mass is 10.2. The lowest BCUT2D eigenvalue weighted by Gasteiger charge is -2.15. The normalized spacial score (nSPS) is 10.7. The molecular weight excluding hydrogens is 260 g/mol. The minimum absolute atomic E-state index is 0.409. The first-order valence-electron chi connectivity index (χ1n) is 6.33. The lowest BCUT2D eigenvalue weighted by molar-refractivity contribution is 0.157. The van der Waals surface area contributed by atoms with Gasteiger partial charge in [-0.15, -0.1) is 0 Å². The van der Waals surface area contributed by atoms with Gasteiger partial charge in [0.1, 0.15) is 10.7 Å². The van der Waals surface area contributed by atoms with Crippen molar-refractivity contribution in [1.29, 1.82) is 0 Å². The topological polar surface area (TPSA) is 47.7 Å². The molecule has 5 heteroatoms. The van der Waals surface area contributed by atoms with Crippen molar-refractivity contribution in [3.05, 3.63) is 29.8 Å². The van der Waals surface area contributed by atoms with E-state index in [2.05, 4.69) is 11.9 Å². The van der Waals surface area contributed by atoms with Gasteiger partial charge in [0.05, 0.1) is 13.2 Å². The number of benzene rings is 1. The highest BCUT2D eigenvalue weighted by atomic mass is 32.1. The molecule has 0 saturated carbocycles. The zero-order valence-electron chi connectivity index (χ0n) is 11.6. The van der Waals surface area contributed by atoms with Gasteiger partial charge in [-0.05, 0) is 37.7 Å². The van der Waals surface area contributed by atoms with Gasteiger partial charge in [-0.3, -0.25) is 0 Å². The number of hydrogen-bond donors (Lipinski definition) is 1. The van der Waals surface area contributed by atoms with Gasteiger partial charge in [0, 0.05) is 25.8 Å². The second-order valence-corrected chi connectivity index (χ2v) is 4.83. The van der Waals surface area contributed by atoms with Crippen LogP contribution in [0, 0.1) is 0 Å². The molecule has 0 aliphatic heterocycles. The van der Waals surface area contributed by atoms with Crippen LogP contribution in [0.2, 0.25) is 0 Å². The number of methoxy groups -OCH3 is 1. The standard InChI is InChI=1S/C14H22N2O2S/c1-16(9-11-17-2)8-3-10-18-13-6-4-12(5-7-13)14(15)19/h4-7H,3,8-11H2,1-2H3,(H2,15,19). The maximum Gasteiger partial charge on any atom is 0.119 e. The molecule has 0 heterocycles. The number of hydrogen-bond acceptors (Lipinski definition) is 4. The van der Waals surface area contributed by atoms with E-state index in [9.17, 15) is 0 Å². The molecule has 1 rings (SSSR count). The maximum absolute atomic E-state index is 5.65. The Morgan fingerprint density at radius 3 is 2.47 bits per heavy atom. The van der Waals surface area contributed by atoms with Crippen molar-refractivity contribution in [3.8, 4) is 5.75 Å². The van der Waals surface area contributed by atoms with Crippen molar-refractivity contribution >= 4 is 17.2 Å². The molecule has 0 spiro atoms. The average Bonchev–Trinajstić information content (AvgIpc) is 2.41. The summed E-state index contributed by atoms with van der Waals surface area (Å²) in [7, 11) is 3.80. The summed E-state index contributed by atoms with van der Waals surface area (Å²) in [6, 6.07) is 7.54. The number of nitrogens with two attached hydrogens (primary N) is 1. The monoisotopic (exact) mass is 282 g/mol. The number of likely N-dealkylation sites (N-methyl/N-ethyl adjacent to an activating group) is 1. The van der Waals surface area contributed by atoms with Crippen LogP contribution in [0.25, 0.3) is 0 Å². The predicted molar refractivity (Wildman–Crippen MR) is 81.8 cm³/mol. The van der Waals surface area contributed by atoms with E-state index < -0.39 is 0 Å². The summed E-state index contributed by atoms with van der Waals surface area (Å²) in [6.45, 7) is 3.40. The van der Waals surface area contributed by atoms with E-state index in [1.807, 2.05) is 24.3 Å². The fraction of sp³-hybridized carbons (Fsp3) is 0.500. The second kappa shape index (κ2) is 8.85. The van der Waals surface area contributed by atoms with Crippen LogP contribution in [0.3, 0.4) is 0 Å². The van der Waals surface area contributed by atoms with Gasteiger partial charge < -0.3 is 20.1 Å². The van der Waals surface area contributed by atoms with Gasteiger partial charge in [-0.25, -0.2) is 0 Å². The molecular formula is C14H22N2O2S. The zero-order chi connectivity index (χ0) is 14.1. The minimum atomic E-state index is 0.409. The summed E-state index contributed by atoms with van der Waals surface area (Å²) in [4.78, 5) is 2.63. The average molecular weight is 282 g/mol. The van der Waals surface area contributed by atoms with Gasteiger partial charge in [-0.1, -0.05) is 12.2 Å². The largest absolute Gasteiger partial charge is 0.494 e. The molecule has 0 unspecified atom stereocenters. The Labute approximate surface area is 120 Å². The van der Waals surface area contributed by atoms with Gasteiger partial charge in [0.15, 0.2) is 0 Å². The van der Waals surface area contributed by atoms with Gasteiger partial charge in [-0.2, -0.15) is 0 Å². The van der Waals surface area contributed by atoms with E-state index >= 15 is 0 Å².